The van der Waals surface area contributed by atoms with Gasteiger partial charge in [0.05, 0.1) is 5.30 Å². The van der Waals surface area contributed by atoms with E-state index < -0.39 is 7.92 Å². The van der Waals surface area contributed by atoms with Crippen molar-refractivity contribution in [3.8, 4) is 34.1 Å². The van der Waals surface area contributed by atoms with Crippen LogP contribution in [0.1, 0.15) is 0 Å². The van der Waals surface area contributed by atoms with Crippen LogP contribution in [-0.4, -0.2) is 0 Å². The van der Waals surface area contributed by atoms with Gasteiger partial charge in [-0.15, -0.1) is 0 Å². The molecule has 0 spiro atoms. The van der Waals surface area contributed by atoms with Crippen LogP contribution in [0.3, 0.4) is 0 Å². The van der Waals surface area contributed by atoms with E-state index in [4.69, 9.17) is 13.9 Å². The van der Waals surface area contributed by atoms with Crippen molar-refractivity contribution in [1.29, 1.82) is 0 Å². The van der Waals surface area contributed by atoms with Crippen LogP contribution in [0.15, 0.2) is 108 Å². The summed E-state index contributed by atoms with van der Waals surface area (Å²) in [5.74, 6) is 3.56. The summed E-state index contributed by atoms with van der Waals surface area (Å²) < 4.78 is 19.3. The molecule has 0 N–H and O–H groups in total. The molecule has 2 aliphatic rings. The lowest BCUT2D eigenvalue weighted by Crippen LogP contribution is -2.31. The van der Waals surface area contributed by atoms with Crippen molar-refractivity contribution in [3.63, 3.8) is 0 Å². The van der Waals surface area contributed by atoms with Crippen LogP contribution in [0.4, 0.5) is 0 Å². The molecule has 3 nitrogen and oxygen atoms in total. The Balaban J connectivity index is 1.40. The van der Waals surface area contributed by atoms with E-state index in [0.717, 1.165) is 61.4 Å². The maximum absolute atomic E-state index is 6.48. The molecular formula is C30H17O3P. The molecule has 3 heterocycles. The summed E-state index contributed by atoms with van der Waals surface area (Å²) in [5, 5.41) is 5.84. The van der Waals surface area contributed by atoms with Crippen molar-refractivity contribution < 1.29 is 13.9 Å². The van der Waals surface area contributed by atoms with Gasteiger partial charge in [0.25, 0.3) is 0 Å². The highest BCUT2D eigenvalue weighted by Gasteiger charge is 2.37. The fourth-order valence-corrected chi connectivity index (χ4v) is 7.71. The Hall–Kier alpha value is -4.07. The zero-order valence-corrected chi connectivity index (χ0v) is 18.9. The second-order valence-electron chi connectivity index (χ2n) is 8.58. The fraction of sp³-hybridized carbons (Fsp3) is 0. The molecule has 6 aromatic rings. The Kier molecular flexibility index (Phi) is 3.63. The topological polar surface area (TPSA) is 31.6 Å². The number of rotatable bonds is 1. The second kappa shape index (κ2) is 6.72. The van der Waals surface area contributed by atoms with Gasteiger partial charge in [0.15, 0.2) is 0 Å². The molecule has 0 amide bonds. The van der Waals surface area contributed by atoms with E-state index in [1.807, 2.05) is 30.3 Å². The first kappa shape index (κ1) is 18.4. The summed E-state index contributed by atoms with van der Waals surface area (Å²) in [6.07, 6.45) is 0. The minimum Gasteiger partial charge on any atom is -0.456 e. The lowest BCUT2D eigenvalue weighted by molar-refractivity contribution is 0.467. The Morgan fingerprint density at radius 1 is 0.529 bits per heavy atom. The molecule has 8 rings (SSSR count). The predicted octanol–water partition coefficient (Wildman–Crippen LogP) is 7.22. The number of furan rings is 1. The lowest BCUT2D eigenvalue weighted by Gasteiger charge is -2.34. The molecule has 0 bridgehead atoms. The maximum atomic E-state index is 6.48. The molecular weight excluding hydrogens is 439 g/mol. The van der Waals surface area contributed by atoms with Crippen LogP contribution in [0, 0.1) is 0 Å². The van der Waals surface area contributed by atoms with Crippen molar-refractivity contribution in [2.75, 3.05) is 0 Å². The van der Waals surface area contributed by atoms with E-state index in [0.29, 0.717) is 0 Å². The minimum absolute atomic E-state index is 0.757. The van der Waals surface area contributed by atoms with Crippen LogP contribution in [0.5, 0.6) is 23.0 Å². The molecule has 0 saturated heterocycles. The van der Waals surface area contributed by atoms with Crippen LogP contribution >= 0.6 is 7.92 Å². The summed E-state index contributed by atoms with van der Waals surface area (Å²) in [5.41, 5.74) is 3.82. The number of fused-ring (bicyclic) bond motifs is 7. The number of ether oxygens (including phenoxy) is 2. The summed E-state index contributed by atoms with van der Waals surface area (Å²) in [7, 11) is -0.757. The van der Waals surface area contributed by atoms with Crippen molar-refractivity contribution in [3.05, 3.63) is 103 Å². The summed E-state index contributed by atoms with van der Waals surface area (Å²) >= 11 is 0. The van der Waals surface area contributed by atoms with Crippen molar-refractivity contribution in [2.45, 2.75) is 0 Å². The molecule has 4 heteroatoms. The molecule has 0 unspecified atom stereocenters. The van der Waals surface area contributed by atoms with Crippen LogP contribution < -0.4 is 25.4 Å². The van der Waals surface area contributed by atoms with E-state index >= 15 is 0 Å². The maximum Gasteiger partial charge on any atom is 0.143 e. The molecule has 34 heavy (non-hydrogen) atoms. The van der Waals surface area contributed by atoms with Gasteiger partial charge in [-0.25, -0.2) is 0 Å². The highest BCUT2D eigenvalue weighted by molar-refractivity contribution is 7.80. The van der Waals surface area contributed by atoms with Gasteiger partial charge in [-0.05, 0) is 35.9 Å². The van der Waals surface area contributed by atoms with Gasteiger partial charge in [-0.3, -0.25) is 0 Å². The van der Waals surface area contributed by atoms with Gasteiger partial charge in [0.1, 0.15) is 34.2 Å². The first-order valence-corrected chi connectivity index (χ1v) is 12.6. The molecule has 0 saturated carbocycles. The Bertz CT molecular complexity index is 1710. The normalized spacial score (nSPS) is 13.6. The van der Waals surface area contributed by atoms with E-state index in [9.17, 15) is 0 Å². The Labute approximate surface area is 196 Å². The van der Waals surface area contributed by atoms with Gasteiger partial charge in [0.2, 0.25) is 0 Å². The average Bonchev–Trinajstić information content (AvgIpc) is 3.27. The number of hydrogen-bond donors (Lipinski definition) is 0. The summed E-state index contributed by atoms with van der Waals surface area (Å²) in [6.45, 7) is 0. The zero-order valence-electron chi connectivity index (χ0n) is 18.0. The van der Waals surface area contributed by atoms with Gasteiger partial charge in [0, 0.05) is 34.9 Å². The highest BCUT2D eigenvalue weighted by atomic mass is 31.1. The molecule has 5 aromatic carbocycles. The highest BCUT2D eigenvalue weighted by Crippen LogP contribution is 2.53. The third kappa shape index (κ3) is 2.45. The van der Waals surface area contributed by atoms with Crippen LogP contribution in [0.2, 0.25) is 0 Å². The van der Waals surface area contributed by atoms with E-state index in [2.05, 4.69) is 72.8 Å². The van der Waals surface area contributed by atoms with Crippen molar-refractivity contribution >= 4 is 45.8 Å². The standard InChI is InChI=1S/C30H17O3P/c1-2-11-22-20(8-1)21-10-7-9-19(29(21)33-22)18-16-25-30-26(17-18)32-24-13-4-6-15-28(24)34(30)27-14-5-3-12-23(27)31-25/h1-17H. The van der Waals surface area contributed by atoms with Crippen molar-refractivity contribution in [2.24, 2.45) is 0 Å². The number of hydrogen-bond acceptors (Lipinski definition) is 3. The smallest absolute Gasteiger partial charge is 0.143 e. The monoisotopic (exact) mass is 456 g/mol. The Morgan fingerprint density at radius 3 is 1.88 bits per heavy atom. The average molecular weight is 456 g/mol. The minimum atomic E-state index is -0.757. The lowest BCUT2D eigenvalue weighted by atomic mass is 10.0. The molecule has 0 atom stereocenters. The van der Waals surface area contributed by atoms with E-state index in [-0.39, 0.29) is 0 Å². The fourth-order valence-electron chi connectivity index (χ4n) is 5.15. The third-order valence-electron chi connectivity index (χ3n) is 6.63. The summed E-state index contributed by atoms with van der Waals surface area (Å²) in [4.78, 5) is 0. The predicted molar refractivity (Wildman–Crippen MR) is 138 cm³/mol. The SMILES string of the molecule is c1ccc2c(c1)Oc1cc(-c3cccc4c3oc3ccccc34)cc3c1P2c1ccccc1O3. The number of benzene rings is 5. The third-order valence-corrected chi connectivity index (χ3v) is 9.22. The molecule has 1 aromatic heterocycles. The quantitative estimate of drug-likeness (QED) is 0.244. The molecule has 160 valence electrons. The summed E-state index contributed by atoms with van der Waals surface area (Å²) in [6, 6.07) is 35.5. The largest absolute Gasteiger partial charge is 0.456 e. The van der Waals surface area contributed by atoms with Crippen molar-refractivity contribution in [1.82, 2.24) is 0 Å². The van der Waals surface area contributed by atoms with Gasteiger partial charge >= 0.3 is 0 Å². The molecule has 2 aliphatic heterocycles. The number of para-hydroxylation sites is 4. The van der Waals surface area contributed by atoms with Gasteiger partial charge in [-0.2, -0.15) is 0 Å². The first-order valence-electron chi connectivity index (χ1n) is 11.3. The first-order chi connectivity index (χ1) is 16.8. The second-order valence-corrected chi connectivity index (χ2v) is 10.7. The van der Waals surface area contributed by atoms with Crippen LogP contribution in [0.25, 0.3) is 33.1 Å². The molecule has 0 fully saturated rings. The van der Waals surface area contributed by atoms with Crippen LogP contribution in [-0.2, 0) is 0 Å². The molecule has 0 aliphatic carbocycles. The zero-order chi connectivity index (χ0) is 22.2. The van der Waals surface area contributed by atoms with Gasteiger partial charge in [-0.1, -0.05) is 72.8 Å². The van der Waals surface area contributed by atoms with E-state index in [1.54, 1.807) is 0 Å². The van der Waals surface area contributed by atoms with E-state index in [1.165, 1.54) is 10.6 Å². The Morgan fingerprint density at radius 2 is 1.15 bits per heavy atom. The van der Waals surface area contributed by atoms with Gasteiger partial charge < -0.3 is 13.9 Å². The molecule has 0 radical (unpaired) electrons.